The standard InChI is InChI=1S/C56H42N4/c1-39-25-29-43(30-26-39)57(44-31-27-40(2)28-32-44)45-33-34-56-52(38-45)51-21-11-14-24-55(51)60(56)48-36-46(58(41-15-5-3-6-16-41)42-17-7-4-8-18-42)35-47(37-48)59-53-22-12-9-19-49(53)50-20-10-13-23-54(50)59/h3-38H,1-2H3. The van der Waals surface area contributed by atoms with Gasteiger partial charge in [0.2, 0.25) is 0 Å². The Balaban J connectivity index is 1.19. The van der Waals surface area contributed by atoms with Crippen molar-refractivity contribution in [3.05, 3.63) is 230 Å². The second-order valence-electron chi connectivity index (χ2n) is 15.6. The Morgan fingerprint density at radius 2 is 0.617 bits per heavy atom. The van der Waals surface area contributed by atoms with Crippen molar-refractivity contribution in [2.45, 2.75) is 13.8 Å². The summed E-state index contributed by atoms with van der Waals surface area (Å²) in [6, 6.07) is 79.4. The summed E-state index contributed by atoms with van der Waals surface area (Å²) in [4.78, 5) is 4.73. The van der Waals surface area contributed by atoms with Gasteiger partial charge in [0.25, 0.3) is 0 Å². The molecule has 0 aliphatic heterocycles. The SMILES string of the molecule is Cc1ccc(N(c2ccc(C)cc2)c2ccc3c(c2)c2ccccc2n3-c2cc(N(c3ccccc3)c3ccccc3)cc(-n3c4ccccc4c4ccccc43)c2)cc1. The number of aromatic nitrogens is 2. The molecule has 60 heavy (non-hydrogen) atoms. The fraction of sp³-hybridized carbons (Fsp3) is 0.0357. The summed E-state index contributed by atoms with van der Waals surface area (Å²) >= 11 is 0. The second-order valence-corrected chi connectivity index (χ2v) is 15.6. The Kier molecular flexibility index (Phi) is 8.56. The predicted molar refractivity (Wildman–Crippen MR) is 254 cm³/mol. The molecule has 0 amide bonds. The van der Waals surface area contributed by atoms with Gasteiger partial charge in [-0.1, -0.05) is 126 Å². The Morgan fingerprint density at radius 3 is 1.08 bits per heavy atom. The van der Waals surface area contributed by atoms with E-state index >= 15 is 0 Å². The predicted octanol–water partition coefficient (Wildman–Crippen LogP) is 15.4. The Morgan fingerprint density at radius 1 is 0.267 bits per heavy atom. The minimum absolute atomic E-state index is 1.06. The molecule has 0 atom stereocenters. The molecule has 286 valence electrons. The van der Waals surface area contributed by atoms with Crippen molar-refractivity contribution in [1.29, 1.82) is 0 Å². The monoisotopic (exact) mass is 770 g/mol. The first-order chi connectivity index (χ1) is 29.6. The number of para-hydroxylation sites is 5. The van der Waals surface area contributed by atoms with Crippen LogP contribution in [0.1, 0.15) is 11.1 Å². The topological polar surface area (TPSA) is 16.3 Å². The van der Waals surface area contributed by atoms with Gasteiger partial charge in [-0.2, -0.15) is 0 Å². The van der Waals surface area contributed by atoms with Crippen LogP contribution in [-0.2, 0) is 0 Å². The fourth-order valence-electron chi connectivity index (χ4n) is 8.98. The Bertz CT molecular complexity index is 3190. The van der Waals surface area contributed by atoms with Gasteiger partial charge in [-0.3, -0.25) is 0 Å². The van der Waals surface area contributed by atoms with Crippen LogP contribution in [0, 0.1) is 13.8 Å². The minimum atomic E-state index is 1.06. The third-order valence-electron chi connectivity index (χ3n) is 11.8. The molecular weight excluding hydrogens is 729 g/mol. The molecule has 11 rings (SSSR count). The summed E-state index contributed by atoms with van der Waals surface area (Å²) in [7, 11) is 0. The van der Waals surface area contributed by atoms with Gasteiger partial charge in [-0.25, -0.2) is 0 Å². The van der Waals surface area contributed by atoms with E-state index < -0.39 is 0 Å². The molecule has 9 aromatic carbocycles. The summed E-state index contributed by atoms with van der Waals surface area (Å²) in [5, 5.41) is 4.87. The van der Waals surface area contributed by atoms with E-state index in [1.54, 1.807) is 0 Å². The fourth-order valence-corrected chi connectivity index (χ4v) is 8.98. The number of rotatable bonds is 8. The second kappa shape index (κ2) is 14.5. The van der Waals surface area contributed by atoms with Crippen LogP contribution in [0.25, 0.3) is 55.0 Å². The maximum Gasteiger partial charge on any atom is 0.0542 e. The minimum Gasteiger partial charge on any atom is -0.310 e. The molecule has 4 heteroatoms. The lowest BCUT2D eigenvalue weighted by Crippen LogP contribution is -2.11. The summed E-state index contributed by atoms with van der Waals surface area (Å²) in [5.41, 5.74) is 15.9. The maximum atomic E-state index is 2.45. The molecule has 4 nitrogen and oxygen atoms in total. The molecular formula is C56H42N4. The van der Waals surface area contributed by atoms with Crippen LogP contribution >= 0.6 is 0 Å². The normalized spacial score (nSPS) is 11.5. The molecule has 0 unspecified atom stereocenters. The van der Waals surface area contributed by atoms with Crippen LogP contribution in [0.4, 0.5) is 34.1 Å². The van der Waals surface area contributed by atoms with Crippen molar-refractivity contribution < 1.29 is 0 Å². The van der Waals surface area contributed by atoms with Crippen LogP contribution in [-0.4, -0.2) is 9.13 Å². The quantitative estimate of drug-likeness (QED) is 0.153. The maximum absolute atomic E-state index is 2.45. The summed E-state index contributed by atoms with van der Waals surface area (Å²) < 4.78 is 4.88. The van der Waals surface area contributed by atoms with Gasteiger partial charge in [0, 0.05) is 50.0 Å². The zero-order valence-electron chi connectivity index (χ0n) is 33.6. The zero-order valence-corrected chi connectivity index (χ0v) is 33.6. The first kappa shape index (κ1) is 35.4. The Hall–Kier alpha value is -7.82. The van der Waals surface area contributed by atoms with Gasteiger partial charge in [-0.15, -0.1) is 0 Å². The average Bonchev–Trinajstić information content (AvgIpc) is 3.81. The van der Waals surface area contributed by atoms with E-state index in [4.69, 9.17) is 0 Å². The van der Waals surface area contributed by atoms with Gasteiger partial charge < -0.3 is 18.9 Å². The lowest BCUT2D eigenvalue weighted by atomic mass is 10.1. The largest absolute Gasteiger partial charge is 0.310 e. The molecule has 0 spiro atoms. The molecule has 11 aromatic rings. The molecule has 0 saturated heterocycles. The van der Waals surface area contributed by atoms with Crippen LogP contribution in [0.2, 0.25) is 0 Å². The van der Waals surface area contributed by atoms with Crippen molar-refractivity contribution in [3.8, 4) is 11.4 Å². The van der Waals surface area contributed by atoms with E-state index in [9.17, 15) is 0 Å². The first-order valence-electron chi connectivity index (χ1n) is 20.6. The first-order valence-corrected chi connectivity index (χ1v) is 20.6. The molecule has 0 N–H and O–H groups in total. The van der Waals surface area contributed by atoms with E-state index in [2.05, 4.69) is 251 Å². The highest BCUT2D eigenvalue weighted by Crippen LogP contribution is 2.43. The number of nitrogens with zero attached hydrogens (tertiary/aromatic N) is 4. The number of hydrogen-bond donors (Lipinski definition) is 0. The van der Waals surface area contributed by atoms with Crippen molar-refractivity contribution in [1.82, 2.24) is 9.13 Å². The van der Waals surface area contributed by atoms with Gasteiger partial charge in [0.05, 0.1) is 39.1 Å². The van der Waals surface area contributed by atoms with Crippen LogP contribution in [0.3, 0.4) is 0 Å². The number of aryl methyl sites for hydroxylation is 2. The highest BCUT2D eigenvalue weighted by Gasteiger charge is 2.21. The number of benzene rings is 9. The van der Waals surface area contributed by atoms with Crippen LogP contribution in [0.15, 0.2) is 218 Å². The zero-order chi connectivity index (χ0) is 40.2. The van der Waals surface area contributed by atoms with Crippen LogP contribution < -0.4 is 9.80 Å². The Labute approximate surface area is 350 Å². The van der Waals surface area contributed by atoms with E-state index in [1.165, 1.54) is 43.7 Å². The highest BCUT2D eigenvalue weighted by atomic mass is 15.2. The summed E-state index contributed by atoms with van der Waals surface area (Å²) in [5.74, 6) is 0. The van der Waals surface area contributed by atoms with Crippen molar-refractivity contribution in [3.63, 3.8) is 0 Å². The third kappa shape index (κ3) is 6.00. The number of anilines is 6. The van der Waals surface area contributed by atoms with E-state index in [0.29, 0.717) is 0 Å². The van der Waals surface area contributed by atoms with Gasteiger partial charge in [-0.05, 0) is 117 Å². The lowest BCUT2D eigenvalue weighted by molar-refractivity contribution is 1.12. The number of hydrogen-bond acceptors (Lipinski definition) is 2. The van der Waals surface area contributed by atoms with Gasteiger partial charge in [0.1, 0.15) is 0 Å². The van der Waals surface area contributed by atoms with Crippen molar-refractivity contribution >= 4 is 77.7 Å². The average molecular weight is 771 g/mol. The van der Waals surface area contributed by atoms with Gasteiger partial charge in [0.15, 0.2) is 0 Å². The van der Waals surface area contributed by atoms with E-state index in [1.807, 2.05) is 0 Å². The molecule has 0 radical (unpaired) electrons. The summed E-state index contributed by atoms with van der Waals surface area (Å²) in [6.07, 6.45) is 0. The molecule has 0 aliphatic rings. The molecule has 0 aliphatic carbocycles. The lowest BCUT2D eigenvalue weighted by Gasteiger charge is -2.27. The van der Waals surface area contributed by atoms with Crippen molar-refractivity contribution in [2.75, 3.05) is 9.80 Å². The third-order valence-corrected chi connectivity index (χ3v) is 11.8. The molecule has 0 fully saturated rings. The smallest absolute Gasteiger partial charge is 0.0542 e. The van der Waals surface area contributed by atoms with Gasteiger partial charge >= 0.3 is 0 Å². The molecule has 0 saturated carbocycles. The highest BCUT2D eigenvalue weighted by molar-refractivity contribution is 6.12. The molecule has 2 aromatic heterocycles. The van der Waals surface area contributed by atoms with E-state index in [-0.39, 0.29) is 0 Å². The number of fused-ring (bicyclic) bond motifs is 6. The van der Waals surface area contributed by atoms with E-state index in [0.717, 1.165) is 56.5 Å². The van der Waals surface area contributed by atoms with Crippen molar-refractivity contribution in [2.24, 2.45) is 0 Å². The van der Waals surface area contributed by atoms with Crippen LogP contribution in [0.5, 0.6) is 0 Å². The summed E-state index contributed by atoms with van der Waals surface area (Å²) in [6.45, 7) is 4.28. The molecule has 2 heterocycles. The molecule has 0 bridgehead atoms.